The van der Waals surface area contributed by atoms with E-state index in [1.807, 2.05) is 0 Å². The van der Waals surface area contributed by atoms with Crippen LogP contribution in [0.1, 0.15) is 6.92 Å². The second-order valence-corrected chi connectivity index (χ2v) is 3.10. The third-order valence-electron chi connectivity index (χ3n) is 1.87. The van der Waals surface area contributed by atoms with Crippen molar-refractivity contribution < 1.29 is 9.59 Å². The number of benzene rings is 1. The van der Waals surface area contributed by atoms with E-state index in [0.29, 0.717) is 11.4 Å². The summed E-state index contributed by atoms with van der Waals surface area (Å²) in [5.41, 5.74) is 6.49. The Hall–Kier alpha value is -2.30. The fourth-order valence-corrected chi connectivity index (χ4v) is 1.26. The maximum absolute atomic E-state index is 11.6. The first-order valence-electron chi connectivity index (χ1n) is 4.64. The predicted molar refractivity (Wildman–Crippen MR) is 62.7 cm³/mol. The summed E-state index contributed by atoms with van der Waals surface area (Å²) in [6.07, 6.45) is 1.21. The van der Waals surface area contributed by atoms with E-state index in [1.165, 1.54) is 13.1 Å². The highest BCUT2D eigenvalue weighted by Crippen LogP contribution is 2.17. The van der Waals surface area contributed by atoms with Crippen LogP contribution in [0.25, 0.3) is 0 Å². The topological polar surface area (TPSA) is 75.4 Å². The van der Waals surface area contributed by atoms with Crippen molar-refractivity contribution in [1.82, 2.24) is 5.32 Å². The number of urea groups is 1. The van der Waals surface area contributed by atoms with Crippen molar-refractivity contribution in [3.8, 4) is 0 Å². The molecule has 0 aromatic heterocycles. The highest BCUT2D eigenvalue weighted by Gasteiger charge is 2.18. The van der Waals surface area contributed by atoms with Crippen LogP contribution in [-0.4, -0.2) is 11.9 Å². The molecular weight excluding hydrogens is 206 g/mol. The Morgan fingerprint density at radius 2 is 2.19 bits per heavy atom. The standard InChI is InChI=1S/C11H13N3O2/c1-3-13-11(16)14(8(2)15)10-6-4-5-9(12)7-10/h3-7H,1,12H2,2H3,(H,13,16). The quantitative estimate of drug-likeness (QED) is 0.739. The van der Waals surface area contributed by atoms with Crippen LogP contribution in [0.15, 0.2) is 37.0 Å². The van der Waals surface area contributed by atoms with Gasteiger partial charge < -0.3 is 11.1 Å². The van der Waals surface area contributed by atoms with E-state index in [2.05, 4.69) is 11.9 Å². The zero-order valence-corrected chi connectivity index (χ0v) is 8.93. The van der Waals surface area contributed by atoms with Crippen molar-refractivity contribution in [2.24, 2.45) is 0 Å². The van der Waals surface area contributed by atoms with E-state index in [0.717, 1.165) is 4.90 Å². The highest BCUT2D eigenvalue weighted by atomic mass is 16.2. The van der Waals surface area contributed by atoms with Crippen molar-refractivity contribution in [3.05, 3.63) is 37.0 Å². The number of hydrogen-bond acceptors (Lipinski definition) is 3. The van der Waals surface area contributed by atoms with Gasteiger partial charge in [0.15, 0.2) is 0 Å². The Bertz CT molecular complexity index is 429. The number of nitrogens with one attached hydrogen (secondary N) is 1. The van der Waals surface area contributed by atoms with Gasteiger partial charge in [-0.3, -0.25) is 4.79 Å². The molecule has 0 aliphatic carbocycles. The Morgan fingerprint density at radius 3 is 2.69 bits per heavy atom. The summed E-state index contributed by atoms with van der Waals surface area (Å²) >= 11 is 0. The number of carbonyl (C=O) groups is 2. The van der Waals surface area contributed by atoms with Crippen LogP contribution < -0.4 is 16.0 Å². The van der Waals surface area contributed by atoms with Gasteiger partial charge in [0.2, 0.25) is 5.91 Å². The van der Waals surface area contributed by atoms with Gasteiger partial charge in [-0.1, -0.05) is 12.6 Å². The number of nitrogens with zero attached hydrogens (tertiary/aromatic N) is 1. The molecule has 3 amide bonds. The summed E-state index contributed by atoms with van der Waals surface area (Å²) in [6, 6.07) is 5.95. The van der Waals surface area contributed by atoms with Gasteiger partial charge in [0, 0.05) is 12.6 Å². The lowest BCUT2D eigenvalue weighted by Gasteiger charge is -2.18. The van der Waals surface area contributed by atoms with Crippen LogP contribution in [0.4, 0.5) is 16.2 Å². The molecule has 0 atom stereocenters. The van der Waals surface area contributed by atoms with Gasteiger partial charge in [-0.2, -0.15) is 0 Å². The van der Waals surface area contributed by atoms with Crippen LogP contribution >= 0.6 is 0 Å². The lowest BCUT2D eigenvalue weighted by molar-refractivity contribution is -0.115. The smallest absolute Gasteiger partial charge is 0.332 e. The maximum atomic E-state index is 11.6. The second kappa shape index (κ2) is 4.97. The molecule has 1 aromatic rings. The summed E-state index contributed by atoms with van der Waals surface area (Å²) in [5, 5.41) is 2.33. The van der Waals surface area contributed by atoms with Gasteiger partial charge in [0.1, 0.15) is 0 Å². The minimum atomic E-state index is -0.562. The minimum Gasteiger partial charge on any atom is -0.399 e. The van der Waals surface area contributed by atoms with Gasteiger partial charge in [-0.05, 0) is 24.4 Å². The van der Waals surface area contributed by atoms with Crippen molar-refractivity contribution in [3.63, 3.8) is 0 Å². The van der Waals surface area contributed by atoms with E-state index >= 15 is 0 Å². The van der Waals surface area contributed by atoms with Crippen molar-refractivity contribution in [2.75, 3.05) is 10.6 Å². The van der Waals surface area contributed by atoms with Crippen LogP contribution in [-0.2, 0) is 4.79 Å². The fraction of sp³-hybridized carbons (Fsp3) is 0.0909. The Labute approximate surface area is 93.5 Å². The molecule has 16 heavy (non-hydrogen) atoms. The molecule has 5 heteroatoms. The molecule has 0 fully saturated rings. The molecule has 0 radical (unpaired) electrons. The van der Waals surface area contributed by atoms with Crippen LogP contribution in [0.2, 0.25) is 0 Å². The van der Waals surface area contributed by atoms with Crippen LogP contribution in [0.3, 0.4) is 0 Å². The SMILES string of the molecule is C=CNC(=O)N(C(C)=O)c1cccc(N)c1. The van der Waals surface area contributed by atoms with Crippen LogP contribution in [0.5, 0.6) is 0 Å². The monoisotopic (exact) mass is 219 g/mol. The largest absolute Gasteiger partial charge is 0.399 e. The lowest BCUT2D eigenvalue weighted by Crippen LogP contribution is -2.40. The molecule has 0 spiro atoms. The molecular formula is C11H13N3O2. The fourth-order valence-electron chi connectivity index (χ4n) is 1.26. The highest BCUT2D eigenvalue weighted by molar-refractivity contribution is 6.13. The molecule has 0 aliphatic rings. The van der Waals surface area contributed by atoms with E-state index in [4.69, 9.17) is 5.73 Å². The summed E-state index contributed by atoms with van der Waals surface area (Å²) in [7, 11) is 0. The Morgan fingerprint density at radius 1 is 1.50 bits per heavy atom. The number of hydrogen-bond donors (Lipinski definition) is 2. The summed E-state index contributed by atoms with van der Waals surface area (Å²) in [4.78, 5) is 23.9. The van der Waals surface area contributed by atoms with Gasteiger partial charge in [-0.15, -0.1) is 0 Å². The Balaban J connectivity index is 3.07. The first-order valence-corrected chi connectivity index (χ1v) is 4.64. The maximum Gasteiger partial charge on any atom is 0.332 e. The zero-order valence-electron chi connectivity index (χ0n) is 8.93. The summed E-state index contributed by atoms with van der Waals surface area (Å²) < 4.78 is 0. The molecule has 84 valence electrons. The number of nitrogens with two attached hydrogens (primary N) is 1. The number of amides is 3. The van der Waals surface area contributed by atoms with Gasteiger partial charge in [0.25, 0.3) is 0 Å². The third-order valence-corrected chi connectivity index (χ3v) is 1.87. The summed E-state index contributed by atoms with van der Waals surface area (Å²) in [5.74, 6) is -0.398. The molecule has 1 aromatic carbocycles. The average Bonchev–Trinajstić information content (AvgIpc) is 2.17. The van der Waals surface area contributed by atoms with Crippen LogP contribution in [0, 0.1) is 0 Å². The molecule has 0 saturated heterocycles. The molecule has 5 nitrogen and oxygen atoms in total. The van der Waals surface area contributed by atoms with Gasteiger partial charge in [-0.25, -0.2) is 9.69 Å². The van der Waals surface area contributed by atoms with Crippen molar-refractivity contribution in [2.45, 2.75) is 6.92 Å². The first kappa shape index (κ1) is 11.8. The summed E-state index contributed by atoms with van der Waals surface area (Å²) in [6.45, 7) is 4.66. The molecule has 0 bridgehead atoms. The van der Waals surface area contributed by atoms with E-state index < -0.39 is 11.9 Å². The normalized spacial score (nSPS) is 9.31. The average molecular weight is 219 g/mol. The molecule has 0 unspecified atom stereocenters. The molecule has 3 N–H and O–H groups in total. The minimum absolute atomic E-state index is 0.398. The number of rotatable bonds is 2. The third kappa shape index (κ3) is 2.60. The van der Waals surface area contributed by atoms with Gasteiger partial charge >= 0.3 is 6.03 Å². The molecule has 0 heterocycles. The number of anilines is 2. The van der Waals surface area contributed by atoms with Crippen molar-refractivity contribution >= 4 is 23.3 Å². The zero-order chi connectivity index (χ0) is 12.1. The van der Waals surface area contributed by atoms with Crippen molar-refractivity contribution in [1.29, 1.82) is 0 Å². The molecule has 0 aliphatic heterocycles. The Kier molecular flexibility index (Phi) is 3.66. The number of imide groups is 1. The molecule has 1 rings (SSSR count). The number of nitrogen functional groups attached to an aromatic ring is 1. The number of carbonyl (C=O) groups excluding carboxylic acids is 2. The predicted octanol–water partition coefficient (Wildman–Crippen LogP) is 1.47. The van der Waals surface area contributed by atoms with Gasteiger partial charge in [0.05, 0.1) is 5.69 Å². The lowest BCUT2D eigenvalue weighted by atomic mass is 10.2. The molecule has 0 saturated carbocycles. The van der Waals surface area contributed by atoms with E-state index in [9.17, 15) is 9.59 Å². The second-order valence-electron chi connectivity index (χ2n) is 3.10. The van der Waals surface area contributed by atoms with E-state index in [-0.39, 0.29) is 0 Å². The first-order chi connectivity index (χ1) is 7.56. The van der Waals surface area contributed by atoms with E-state index in [1.54, 1.807) is 24.3 Å².